The van der Waals surface area contributed by atoms with Crippen molar-refractivity contribution in [3.63, 3.8) is 0 Å². The van der Waals surface area contributed by atoms with E-state index in [4.69, 9.17) is 14.2 Å². The maximum absolute atomic E-state index is 12.1. The van der Waals surface area contributed by atoms with Crippen molar-refractivity contribution in [3.05, 3.63) is 66.7 Å². The van der Waals surface area contributed by atoms with Crippen LogP contribution in [0.1, 0.15) is 11.1 Å². The lowest BCUT2D eigenvalue weighted by molar-refractivity contribution is -0.400. The van der Waals surface area contributed by atoms with E-state index in [1.165, 1.54) is 19.3 Å². The number of nitrogens with zero attached hydrogens (tertiary/aromatic N) is 1. The standard InChI is InChI=1S/C18H15Br2NO6/c1-11-3-4-15(13(19)7-11)26-10-17(22)27-18-14(20)8-12(5-6-21(23)24)9-16(18)25-2/h3-9H,10H2,1-2H3/b6-5+. The number of methoxy groups -OCH3 is 1. The summed E-state index contributed by atoms with van der Waals surface area (Å²) in [5.41, 5.74) is 1.56. The molecule has 0 unspecified atom stereocenters. The average Bonchev–Trinajstić information content (AvgIpc) is 2.61. The molecule has 0 aliphatic rings. The summed E-state index contributed by atoms with van der Waals surface area (Å²) in [5, 5.41) is 10.4. The first-order valence-electron chi connectivity index (χ1n) is 7.59. The summed E-state index contributed by atoms with van der Waals surface area (Å²) in [6.07, 6.45) is 2.11. The normalized spacial score (nSPS) is 10.7. The molecular formula is C18H15Br2NO6. The summed E-state index contributed by atoms with van der Waals surface area (Å²) >= 11 is 6.65. The SMILES string of the molecule is COc1cc(/C=C/[N+](=O)[O-])cc(Br)c1OC(=O)COc1ccc(C)cc1Br. The van der Waals surface area contributed by atoms with Crippen LogP contribution < -0.4 is 14.2 Å². The van der Waals surface area contributed by atoms with E-state index in [1.54, 1.807) is 12.1 Å². The van der Waals surface area contributed by atoms with Crippen molar-refractivity contribution in [1.29, 1.82) is 0 Å². The maximum Gasteiger partial charge on any atom is 0.349 e. The monoisotopic (exact) mass is 499 g/mol. The molecule has 0 amide bonds. The van der Waals surface area contributed by atoms with Crippen LogP contribution in [0.3, 0.4) is 0 Å². The average molecular weight is 501 g/mol. The molecule has 7 nitrogen and oxygen atoms in total. The van der Waals surface area contributed by atoms with Gasteiger partial charge >= 0.3 is 5.97 Å². The van der Waals surface area contributed by atoms with E-state index >= 15 is 0 Å². The third-order valence-electron chi connectivity index (χ3n) is 3.29. The highest BCUT2D eigenvalue weighted by Gasteiger charge is 2.16. The molecule has 2 aromatic carbocycles. The van der Waals surface area contributed by atoms with E-state index in [1.807, 2.05) is 19.1 Å². The van der Waals surface area contributed by atoms with Gasteiger partial charge in [0.15, 0.2) is 18.1 Å². The van der Waals surface area contributed by atoms with E-state index in [0.717, 1.165) is 16.2 Å². The fourth-order valence-electron chi connectivity index (χ4n) is 2.08. The number of hydrogen-bond donors (Lipinski definition) is 0. The number of halogens is 2. The highest BCUT2D eigenvalue weighted by molar-refractivity contribution is 9.10. The van der Waals surface area contributed by atoms with E-state index in [-0.39, 0.29) is 18.1 Å². The summed E-state index contributed by atoms with van der Waals surface area (Å²) in [6.45, 7) is 1.64. The van der Waals surface area contributed by atoms with Crippen molar-refractivity contribution in [2.45, 2.75) is 6.92 Å². The van der Waals surface area contributed by atoms with Crippen molar-refractivity contribution in [1.82, 2.24) is 0 Å². The van der Waals surface area contributed by atoms with E-state index in [2.05, 4.69) is 31.9 Å². The fourth-order valence-corrected chi connectivity index (χ4v) is 3.23. The summed E-state index contributed by atoms with van der Waals surface area (Å²) in [6, 6.07) is 8.58. The molecule has 0 saturated carbocycles. The van der Waals surface area contributed by atoms with Gasteiger partial charge in [0, 0.05) is 6.08 Å². The topological polar surface area (TPSA) is 87.9 Å². The van der Waals surface area contributed by atoms with Gasteiger partial charge in [-0.3, -0.25) is 10.1 Å². The Morgan fingerprint density at radius 2 is 1.93 bits per heavy atom. The van der Waals surface area contributed by atoms with Crippen molar-refractivity contribution in [2.75, 3.05) is 13.7 Å². The molecule has 0 fully saturated rings. The van der Waals surface area contributed by atoms with Gasteiger partial charge in [-0.1, -0.05) is 6.07 Å². The molecule has 0 heterocycles. The van der Waals surface area contributed by atoms with Crippen molar-refractivity contribution >= 4 is 43.9 Å². The number of rotatable bonds is 7. The second kappa shape index (κ2) is 9.52. The Morgan fingerprint density at radius 3 is 2.56 bits per heavy atom. The first-order chi connectivity index (χ1) is 12.8. The molecule has 0 aliphatic heterocycles. The van der Waals surface area contributed by atoms with Crippen LogP contribution in [0.5, 0.6) is 17.2 Å². The van der Waals surface area contributed by atoms with Crippen LogP contribution in [-0.4, -0.2) is 24.6 Å². The molecular weight excluding hydrogens is 486 g/mol. The van der Waals surface area contributed by atoms with Gasteiger partial charge < -0.3 is 14.2 Å². The lowest BCUT2D eigenvalue weighted by atomic mass is 10.2. The van der Waals surface area contributed by atoms with Gasteiger partial charge in [0.1, 0.15) is 5.75 Å². The minimum Gasteiger partial charge on any atom is -0.493 e. The molecule has 27 heavy (non-hydrogen) atoms. The number of aryl methyl sites for hydroxylation is 1. The van der Waals surface area contributed by atoms with Gasteiger partial charge in [0.25, 0.3) is 0 Å². The Kier molecular flexibility index (Phi) is 7.37. The summed E-state index contributed by atoms with van der Waals surface area (Å²) in [7, 11) is 1.40. The van der Waals surface area contributed by atoms with E-state index in [9.17, 15) is 14.9 Å². The third kappa shape index (κ3) is 6.07. The van der Waals surface area contributed by atoms with E-state index < -0.39 is 10.9 Å². The molecule has 0 radical (unpaired) electrons. The first kappa shape index (κ1) is 20.9. The highest BCUT2D eigenvalue weighted by atomic mass is 79.9. The molecule has 2 aromatic rings. The quantitative estimate of drug-likeness (QED) is 0.236. The number of esters is 1. The first-order valence-corrected chi connectivity index (χ1v) is 9.17. The number of hydrogen-bond acceptors (Lipinski definition) is 6. The molecule has 142 valence electrons. The van der Waals surface area contributed by atoms with Gasteiger partial charge in [0.05, 0.1) is 21.0 Å². The lowest BCUT2D eigenvalue weighted by Crippen LogP contribution is -2.18. The molecule has 0 spiro atoms. The predicted octanol–water partition coefficient (Wildman–Crippen LogP) is 4.76. The van der Waals surface area contributed by atoms with Crippen molar-refractivity contribution in [2.24, 2.45) is 0 Å². The number of benzene rings is 2. The Balaban J connectivity index is 2.11. The zero-order valence-corrected chi connectivity index (χ0v) is 17.6. The molecule has 0 bridgehead atoms. The van der Waals surface area contributed by atoms with Crippen LogP contribution in [0, 0.1) is 17.0 Å². The Labute approximate surface area is 172 Å². The number of carbonyl (C=O) groups excluding carboxylic acids is 1. The van der Waals surface area contributed by atoms with Crippen LogP contribution in [0.15, 0.2) is 45.5 Å². The van der Waals surface area contributed by atoms with Crippen LogP contribution in [0.2, 0.25) is 0 Å². The van der Waals surface area contributed by atoms with Gasteiger partial charge in [0.2, 0.25) is 6.20 Å². The highest BCUT2D eigenvalue weighted by Crippen LogP contribution is 2.37. The fraction of sp³-hybridized carbons (Fsp3) is 0.167. The molecule has 0 N–H and O–H groups in total. The smallest absolute Gasteiger partial charge is 0.349 e. The largest absolute Gasteiger partial charge is 0.493 e. The molecule has 0 saturated heterocycles. The summed E-state index contributed by atoms with van der Waals surface area (Å²) in [5.74, 6) is 0.295. The van der Waals surface area contributed by atoms with Crippen molar-refractivity contribution < 1.29 is 23.9 Å². The zero-order chi connectivity index (χ0) is 20.0. The van der Waals surface area contributed by atoms with Gasteiger partial charge in [-0.2, -0.15) is 0 Å². The van der Waals surface area contributed by atoms with Crippen LogP contribution in [-0.2, 0) is 4.79 Å². The van der Waals surface area contributed by atoms with Gasteiger partial charge in [-0.25, -0.2) is 4.79 Å². The Morgan fingerprint density at radius 1 is 1.19 bits per heavy atom. The second-order valence-electron chi connectivity index (χ2n) is 5.33. The molecule has 9 heteroatoms. The predicted molar refractivity (Wildman–Crippen MR) is 107 cm³/mol. The number of carbonyl (C=O) groups is 1. The van der Waals surface area contributed by atoms with Crippen molar-refractivity contribution in [3.8, 4) is 17.2 Å². The summed E-state index contributed by atoms with van der Waals surface area (Å²) in [4.78, 5) is 22.0. The maximum atomic E-state index is 12.1. The second-order valence-corrected chi connectivity index (χ2v) is 7.04. The zero-order valence-electron chi connectivity index (χ0n) is 14.4. The third-order valence-corrected chi connectivity index (χ3v) is 4.50. The molecule has 2 rings (SSSR count). The molecule has 0 aromatic heterocycles. The minimum absolute atomic E-state index is 0.160. The molecule has 0 atom stereocenters. The number of nitro groups is 1. The van der Waals surface area contributed by atoms with E-state index in [0.29, 0.717) is 15.8 Å². The minimum atomic E-state index is -0.630. The number of ether oxygens (including phenoxy) is 3. The van der Waals surface area contributed by atoms with Crippen LogP contribution in [0.4, 0.5) is 0 Å². The van der Waals surface area contributed by atoms with Crippen LogP contribution in [0.25, 0.3) is 6.08 Å². The van der Waals surface area contributed by atoms with Gasteiger partial charge in [-0.15, -0.1) is 0 Å². The van der Waals surface area contributed by atoms with Gasteiger partial charge in [-0.05, 0) is 74.2 Å². The lowest BCUT2D eigenvalue weighted by Gasteiger charge is -2.13. The molecule has 0 aliphatic carbocycles. The Hall–Kier alpha value is -2.39. The summed E-state index contributed by atoms with van der Waals surface area (Å²) < 4.78 is 17.1. The Bertz CT molecular complexity index is 898. The van der Waals surface area contributed by atoms with Crippen LogP contribution >= 0.6 is 31.9 Å².